The SMILES string of the molecule is O=NC(CCc1ccc2ccccc2c1)C(=O)O. The fourth-order valence-corrected chi connectivity index (χ4v) is 1.92. The highest BCUT2D eigenvalue weighted by molar-refractivity contribution is 5.83. The average Bonchev–Trinajstić information content (AvgIpc) is 2.39. The van der Waals surface area contributed by atoms with Crippen LogP contribution in [0.1, 0.15) is 12.0 Å². The maximum atomic E-state index is 10.7. The molecule has 0 heterocycles. The van der Waals surface area contributed by atoms with Gasteiger partial charge in [-0.05, 0) is 29.2 Å². The van der Waals surface area contributed by atoms with Crippen LogP contribution in [-0.4, -0.2) is 17.1 Å². The molecule has 0 radical (unpaired) electrons. The van der Waals surface area contributed by atoms with Gasteiger partial charge in [0.2, 0.25) is 0 Å². The molecule has 2 aromatic carbocycles. The molecule has 1 unspecified atom stereocenters. The summed E-state index contributed by atoms with van der Waals surface area (Å²) in [4.78, 5) is 21.0. The van der Waals surface area contributed by atoms with Gasteiger partial charge in [0.1, 0.15) is 0 Å². The molecular formula is C14H13NO3. The quantitative estimate of drug-likeness (QED) is 0.821. The van der Waals surface area contributed by atoms with E-state index in [0.717, 1.165) is 16.3 Å². The maximum Gasteiger partial charge on any atom is 0.332 e. The van der Waals surface area contributed by atoms with Gasteiger partial charge in [-0.25, -0.2) is 4.79 Å². The maximum absolute atomic E-state index is 10.7. The molecule has 4 nitrogen and oxygen atoms in total. The summed E-state index contributed by atoms with van der Waals surface area (Å²) < 4.78 is 0. The number of aliphatic carboxylic acids is 1. The highest BCUT2D eigenvalue weighted by atomic mass is 16.4. The second kappa shape index (κ2) is 5.40. The molecule has 18 heavy (non-hydrogen) atoms. The van der Waals surface area contributed by atoms with E-state index >= 15 is 0 Å². The van der Waals surface area contributed by atoms with Gasteiger partial charge in [0.15, 0.2) is 6.04 Å². The molecule has 2 aromatic rings. The first kappa shape index (κ1) is 12.2. The lowest BCUT2D eigenvalue weighted by molar-refractivity contribution is -0.138. The van der Waals surface area contributed by atoms with Gasteiger partial charge in [-0.2, -0.15) is 0 Å². The Morgan fingerprint density at radius 3 is 2.56 bits per heavy atom. The van der Waals surface area contributed by atoms with E-state index in [-0.39, 0.29) is 6.42 Å². The molecule has 0 fully saturated rings. The summed E-state index contributed by atoms with van der Waals surface area (Å²) in [5.41, 5.74) is 1.02. The van der Waals surface area contributed by atoms with Crippen LogP contribution >= 0.6 is 0 Å². The van der Waals surface area contributed by atoms with E-state index < -0.39 is 12.0 Å². The first-order chi connectivity index (χ1) is 8.70. The summed E-state index contributed by atoms with van der Waals surface area (Å²) in [6.07, 6.45) is 0.769. The number of carboxylic acids is 1. The van der Waals surface area contributed by atoms with Gasteiger partial charge in [0, 0.05) is 0 Å². The molecule has 92 valence electrons. The van der Waals surface area contributed by atoms with Gasteiger partial charge in [-0.1, -0.05) is 47.6 Å². The van der Waals surface area contributed by atoms with E-state index in [1.807, 2.05) is 42.5 Å². The van der Waals surface area contributed by atoms with Crippen LogP contribution < -0.4 is 0 Å². The predicted molar refractivity (Wildman–Crippen MR) is 69.5 cm³/mol. The average molecular weight is 243 g/mol. The van der Waals surface area contributed by atoms with Crippen LogP contribution in [0.2, 0.25) is 0 Å². The molecule has 1 N–H and O–H groups in total. The fourth-order valence-electron chi connectivity index (χ4n) is 1.92. The zero-order valence-electron chi connectivity index (χ0n) is 9.74. The van der Waals surface area contributed by atoms with Crippen molar-refractivity contribution in [2.75, 3.05) is 0 Å². The van der Waals surface area contributed by atoms with Gasteiger partial charge in [0.25, 0.3) is 0 Å². The lowest BCUT2D eigenvalue weighted by Crippen LogP contribution is -2.17. The Morgan fingerprint density at radius 1 is 1.17 bits per heavy atom. The minimum Gasteiger partial charge on any atom is -0.480 e. The smallest absolute Gasteiger partial charge is 0.332 e. The molecule has 1 atom stereocenters. The second-order valence-corrected chi connectivity index (χ2v) is 4.18. The lowest BCUT2D eigenvalue weighted by Gasteiger charge is -2.05. The molecule has 2 rings (SSSR count). The van der Waals surface area contributed by atoms with Gasteiger partial charge >= 0.3 is 5.97 Å². The summed E-state index contributed by atoms with van der Waals surface area (Å²) >= 11 is 0. The third kappa shape index (κ3) is 2.71. The van der Waals surface area contributed by atoms with Gasteiger partial charge < -0.3 is 5.11 Å². The number of aryl methyl sites for hydroxylation is 1. The Hall–Kier alpha value is -2.23. The molecule has 0 aliphatic carbocycles. The van der Waals surface area contributed by atoms with Crippen LogP contribution in [0.15, 0.2) is 47.6 Å². The first-order valence-electron chi connectivity index (χ1n) is 5.73. The van der Waals surface area contributed by atoms with E-state index in [4.69, 9.17) is 5.11 Å². The van der Waals surface area contributed by atoms with E-state index in [1.54, 1.807) is 0 Å². The van der Waals surface area contributed by atoms with Crippen LogP contribution in [0, 0.1) is 4.91 Å². The van der Waals surface area contributed by atoms with Crippen molar-refractivity contribution in [2.45, 2.75) is 18.9 Å². The highest BCUT2D eigenvalue weighted by Gasteiger charge is 2.17. The van der Waals surface area contributed by atoms with Crippen molar-refractivity contribution in [3.8, 4) is 0 Å². The molecule has 0 aromatic heterocycles. The van der Waals surface area contributed by atoms with E-state index in [1.165, 1.54) is 0 Å². The van der Waals surface area contributed by atoms with Crippen molar-refractivity contribution >= 4 is 16.7 Å². The van der Waals surface area contributed by atoms with Crippen molar-refractivity contribution in [3.63, 3.8) is 0 Å². The Morgan fingerprint density at radius 2 is 1.89 bits per heavy atom. The second-order valence-electron chi connectivity index (χ2n) is 4.18. The molecule has 0 aliphatic heterocycles. The highest BCUT2D eigenvalue weighted by Crippen LogP contribution is 2.17. The molecule has 4 heteroatoms. The van der Waals surface area contributed by atoms with Crippen molar-refractivity contribution in [1.82, 2.24) is 0 Å². The number of hydrogen-bond acceptors (Lipinski definition) is 3. The molecule has 0 aliphatic rings. The first-order valence-corrected chi connectivity index (χ1v) is 5.73. The Kier molecular flexibility index (Phi) is 3.67. The normalized spacial score (nSPS) is 12.2. The summed E-state index contributed by atoms with van der Waals surface area (Å²) in [5.74, 6) is -1.16. The number of benzene rings is 2. The van der Waals surface area contributed by atoms with Crippen LogP contribution in [0.25, 0.3) is 10.8 Å². The van der Waals surface area contributed by atoms with Gasteiger partial charge in [-0.15, -0.1) is 4.91 Å². The van der Waals surface area contributed by atoms with Crippen molar-refractivity contribution in [2.24, 2.45) is 5.18 Å². The minimum absolute atomic E-state index is 0.233. The monoisotopic (exact) mass is 243 g/mol. The summed E-state index contributed by atoms with van der Waals surface area (Å²) in [6, 6.07) is 12.8. The topological polar surface area (TPSA) is 66.7 Å². The minimum atomic E-state index is -1.16. The zero-order valence-corrected chi connectivity index (χ0v) is 9.74. The molecule has 0 saturated heterocycles. The third-order valence-electron chi connectivity index (χ3n) is 2.93. The number of nitroso groups, excluding NO2 is 1. The zero-order chi connectivity index (χ0) is 13.0. The van der Waals surface area contributed by atoms with E-state index in [2.05, 4.69) is 5.18 Å². The van der Waals surface area contributed by atoms with Crippen molar-refractivity contribution < 1.29 is 9.90 Å². The standard InChI is InChI=1S/C14H13NO3/c16-14(17)13(15-18)8-6-10-5-7-11-3-1-2-4-12(11)9-10/h1-5,7,9,13H,6,8H2,(H,16,17). The molecule has 0 amide bonds. The number of nitrogens with zero attached hydrogens (tertiary/aromatic N) is 1. The summed E-state index contributed by atoms with van der Waals surface area (Å²) in [7, 11) is 0. The number of rotatable bonds is 5. The van der Waals surface area contributed by atoms with Gasteiger partial charge in [0.05, 0.1) is 0 Å². The largest absolute Gasteiger partial charge is 0.480 e. The summed E-state index contributed by atoms with van der Waals surface area (Å²) in [6.45, 7) is 0. The molecule has 0 spiro atoms. The van der Waals surface area contributed by atoms with Gasteiger partial charge in [-0.3, -0.25) is 0 Å². The Labute approximate surface area is 104 Å². The lowest BCUT2D eigenvalue weighted by atomic mass is 10.0. The number of fused-ring (bicyclic) bond motifs is 1. The third-order valence-corrected chi connectivity index (χ3v) is 2.93. The Balaban J connectivity index is 2.12. The van der Waals surface area contributed by atoms with Crippen LogP contribution in [-0.2, 0) is 11.2 Å². The number of carbonyl (C=O) groups is 1. The molecule has 0 saturated carbocycles. The fraction of sp³-hybridized carbons (Fsp3) is 0.214. The van der Waals surface area contributed by atoms with Crippen LogP contribution in [0.5, 0.6) is 0 Å². The Bertz CT molecular complexity index is 580. The van der Waals surface area contributed by atoms with E-state index in [9.17, 15) is 9.70 Å². The number of carboxylic acid groups (broad SMARTS) is 1. The van der Waals surface area contributed by atoms with Crippen molar-refractivity contribution in [3.05, 3.63) is 52.9 Å². The van der Waals surface area contributed by atoms with Crippen LogP contribution in [0.3, 0.4) is 0 Å². The summed E-state index contributed by atoms with van der Waals surface area (Å²) in [5, 5.41) is 13.6. The van der Waals surface area contributed by atoms with E-state index in [0.29, 0.717) is 6.42 Å². The van der Waals surface area contributed by atoms with Crippen LogP contribution in [0.4, 0.5) is 0 Å². The molecular weight excluding hydrogens is 230 g/mol. The predicted octanol–water partition coefficient (Wildman–Crippen LogP) is 2.99. The van der Waals surface area contributed by atoms with Crippen molar-refractivity contribution in [1.29, 1.82) is 0 Å². The molecule has 0 bridgehead atoms. The number of hydrogen-bond donors (Lipinski definition) is 1.